The summed E-state index contributed by atoms with van der Waals surface area (Å²) in [7, 11) is 1.62. The zero-order valence-electron chi connectivity index (χ0n) is 16.0. The Morgan fingerprint density at radius 1 is 1.33 bits per heavy atom. The third kappa shape index (κ3) is 4.39. The quantitative estimate of drug-likeness (QED) is 0.824. The van der Waals surface area contributed by atoms with Crippen LogP contribution in [0.5, 0.6) is 0 Å². The lowest BCUT2D eigenvalue weighted by atomic mass is 9.86. The predicted molar refractivity (Wildman–Crippen MR) is 108 cm³/mol. The molecule has 27 heavy (non-hydrogen) atoms. The lowest BCUT2D eigenvalue weighted by Gasteiger charge is -2.40. The molecule has 1 saturated heterocycles. The van der Waals surface area contributed by atoms with Gasteiger partial charge < -0.3 is 15.0 Å². The number of hydrogen-bond acceptors (Lipinski definition) is 4. The van der Waals surface area contributed by atoms with Crippen LogP contribution in [0.15, 0.2) is 41.8 Å². The molecule has 0 unspecified atom stereocenters. The van der Waals surface area contributed by atoms with Crippen LogP contribution < -0.4 is 10.2 Å². The first-order valence-corrected chi connectivity index (χ1v) is 10.1. The van der Waals surface area contributed by atoms with E-state index in [4.69, 9.17) is 4.74 Å². The molecule has 0 saturated carbocycles. The molecule has 2 aromatic rings. The Morgan fingerprint density at radius 2 is 2.07 bits per heavy atom. The molecule has 1 aromatic heterocycles. The van der Waals surface area contributed by atoms with Gasteiger partial charge in [-0.25, -0.2) is 0 Å². The molecule has 1 aliphatic heterocycles. The van der Waals surface area contributed by atoms with Gasteiger partial charge in [-0.3, -0.25) is 9.59 Å². The van der Waals surface area contributed by atoms with Crippen LogP contribution in [-0.2, 0) is 14.3 Å². The minimum Gasteiger partial charge on any atom is -0.383 e. The van der Waals surface area contributed by atoms with Crippen molar-refractivity contribution in [2.75, 3.05) is 18.6 Å². The normalized spacial score (nSPS) is 21.1. The van der Waals surface area contributed by atoms with Gasteiger partial charge in [-0.2, -0.15) is 0 Å². The van der Waals surface area contributed by atoms with Gasteiger partial charge >= 0.3 is 0 Å². The predicted octanol–water partition coefficient (Wildman–Crippen LogP) is 3.69. The number of anilines is 1. The second kappa shape index (κ2) is 8.67. The molecule has 6 heteroatoms. The second-order valence-electron chi connectivity index (χ2n) is 7.07. The van der Waals surface area contributed by atoms with Crippen molar-refractivity contribution >= 4 is 28.8 Å². The first kappa shape index (κ1) is 19.6. The molecule has 3 atom stereocenters. The Morgan fingerprint density at radius 3 is 2.70 bits per heavy atom. The molecule has 0 spiro atoms. The van der Waals surface area contributed by atoms with Gasteiger partial charge in [0.25, 0.3) is 0 Å². The number of amides is 2. The third-order valence-electron chi connectivity index (χ3n) is 4.89. The second-order valence-corrected chi connectivity index (χ2v) is 8.05. The van der Waals surface area contributed by atoms with E-state index in [0.29, 0.717) is 19.4 Å². The molecule has 1 N–H and O–H groups in total. The number of methoxy groups -OCH3 is 1. The molecule has 1 aliphatic rings. The lowest BCUT2D eigenvalue weighted by Crippen LogP contribution is -2.50. The summed E-state index contributed by atoms with van der Waals surface area (Å²) in [6.45, 7) is 4.40. The van der Waals surface area contributed by atoms with Crippen LogP contribution in [0.1, 0.15) is 36.2 Å². The van der Waals surface area contributed by atoms with Gasteiger partial charge in [0.1, 0.15) is 0 Å². The molecular weight excluding hydrogens is 360 g/mol. The number of rotatable bonds is 6. The Hall–Kier alpha value is -2.18. The molecule has 0 radical (unpaired) electrons. The van der Waals surface area contributed by atoms with E-state index in [0.717, 1.165) is 16.1 Å². The summed E-state index contributed by atoms with van der Waals surface area (Å²) in [4.78, 5) is 28.7. The summed E-state index contributed by atoms with van der Waals surface area (Å²) in [5.41, 5.74) is 1.98. The van der Waals surface area contributed by atoms with E-state index >= 15 is 0 Å². The van der Waals surface area contributed by atoms with Gasteiger partial charge in [0, 0.05) is 30.1 Å². The zero-order valence-corrected chi connectivity index (χ0v) is 16.8. The minimum atomic E-state index is -0.290. The van der Waals surface area contributed by atoms with Crippen LogP contribution in [0.25, 0.3) is 0 Å². The summed E-state index contributed by atoms with van der Waals surface area (Å²) in [5, 5.41) is 5.03. The van der Waals surface area contributed by atoms with E-state index < -0.39 is 0 Å². The van der Waals surface area contributed by atoms with Crippen LogP contribution in [0.2, 0.25) is 0 Å². The van der Waals surface area contributed by atoms with Crippen molar-refractivity contribution in [1.29, 1.82) is 0 Å². The molecule has 144 valence electrons. The molecule has 1 aromatic carbocycles. The van der Waals surface area contributed by atoms with Crippen molar-refractivity contribution in [1.82, 2.24) is 5.32 Å². The van der Waals surface area contributed by atoms with Gasteiger partial charge in [0.05, 0.1) is 18.6 Å². The third-order valence-corrected chi connectivity index (χ3v) is 5.83. The number of carbonyl (C=O) groups is 2. The number of piperidine rings is 1. The molecule has 2 amide bonds. The van der Waals surface area contributed by atoms with Crippen LogP contribution in [-0.4, -0.2) is 31.6 Å². The molecule has 0 aliphatic carbocycles. The van der Waals surface area contributed by atoms with Crippen LogP contribution in [0.4, 0.5) is 5.69 Å². The van der Waals surface area contributed by atoms with Gasteiger partial charge in [-0.05, 0) is 43.8 Å². The van der Waals surface area contributed by atoms with Crippen LogP contribution in [0.3, 0.4) is 0 Å². The largest absolute Gasteiger partial charge is 0.383 e. The van der Waals surface area contributed by atoms with Gasteiger partial charge in [0.2, 0.25) is 11.8 Å². The number of nitrogens with zero attached hydrogens (tertiary/aromatic N) is 1. The Labute approximate surface area is 164 Å². The summed E-state index contributed by atoms with van der Waals surface area (Å²) >= 11 is 1.58. The van der Waals surface area contributed by atoms with Crippen molar-refractivity contribution in [2.24, 2.45) is 5.92 Å². The minimum absolute atomic E-state index is 0.0254. The van der Waals surface area contributed by atoms with Crippen molar-refractivity contribution in [3.05, 3.63) is 52.2 Å². The molecular formula is C21H26N2O3S. The molecule has 0 bridgehead atoms. The SMILES string of the molecule is COC[C@H](C)NC(=O)[C@@H]1CCC(=O)N(c2ccc(C)cc2)[C@H]1c1cccs1. The summed E-state index contributed by atoms with van der Waals surface area (Å²) < 4.78 is 5.13. The fourth-order valence-corrected chi connectivity index (χ4v) is 4.48. The van der Waals surface area contributed by atoms with Crippen LogP contribution in [0, 0.1) is 12.8 Å². The summed E-state index contributed by atoms with van der Waals surface area (Å²) in [6.07, 6.45) is 0.918. The zero-order chi connectivity index (χ0) is 19.4. The standard InChI is InChI=1S/C21H26N2O3S/c1-14-6-8-16(9-7-14)23-19(24)11-10-17(20(23)18-5-4-12-27-18)21(25)22-15(2)13-26-3/h4-9,12,15,17,20H,10-11,13H2,1-3H3,(H,22,25)/t15-,17+,20+/m0/s1. The number of hydrogen-bond donors (Lipinski definition) is 1. The average molecular weight is 387 g/mol. The van der Waals surface area contributed by atoms with Gasteiger partial charge in [-0.1, -0.05) is 23.8 Å². The highest BCUT2D eigenvalue weighted by Crippen LogP contribution is 2.41. The monoisotopic (exact) mass is 386 g/mol. The Bertz CT molecular complexity index is 773. The lowest BCUT2D eigenvalue weighted by molar-refractivity contribution is -0.130. The fraction of sp³-hybridized carbons (Fsp3) is 0.429. The van der Waals surface area contributed by atoms with E-state index in [1.807, 2.05) is 55.6 Å². The smallest absolute Gasteiger partial charge is 0.227 e. The number of aryl methyl sites for hydroxylation is 1. The molecule has 1 fully saturated rings. The fourth-order valence-electron chi connectivity index (χ4n) is 3.60. The maximum absolute atomic E-state index is 13.0. The van der Waals surface area contributed by atoms with Crippen molar-refractivity contribution in [3.63, 3.8) is 0 Å². The number of benzene rings is 1. The van der Waals surface area contributed by atoms with E-state index in [1.54, 1.807) is 23.3 Å². The van der Waals surface area contributed by atoms with E-state index in [1.165, 1.54) is 0 Å². The van der Waals surface area contributed by atoms with Crippen LogP contribution >= 0.6 is 11.3 Å². The average Bonchev–Trinajstić information content (AvgIpc) is 3.16. The molecule has 3 rings (SSSR count). The Kier molecular flexibility index (Phi) is 6.29. The maximum Gasteiger partial charge on any atom is 0.227 e. The summed E-state index contributed by atoms with van der Waals surface area (Å²) in [5.74, 6) is -0.254. The highest BCUT2D eigenvalue weighted by atomic mass is 32.1. The topological polar surface area (TPSA) is 58.6 Å². The van der Waals surface area contributed by atoms with E-state index in [-0.39, 0.29) is 29.8 Å². The number of ether oxygens (including phenoxy) is 1. The molecule has 2 heterocycles. The van der Waals surface area contributed by atoms with Gasteiger partial charge in [0.15, 0.2) is 0 Å². The van der Waals surface area contributed by atoms with Crippen molar-refractivity contribution in [3.8, 4) is 0 Å². The highest BCUT2D eigenvalue weighted by molar-refractivity contribution is 7.10. The summed E-state index contributed by atoms with van der Waals surface area (Å²) in [6, 6.07) is 11.5. The first-order chi connectivity index (χ1) is 13.0. The number of nitrogens with one attached hydrogen (secondary N) is 1. The van der Waals surface area contributed by atoms with Crippen molar-refractivity contribution < 1.29 is 14.3 Å². The number of thiophene rings is 1. The van der Waals surface area contributed by atoms with E-state index in [9.17, 15) is 9.59 Å². The maximum atomic E-state index is 13.0. The van der Waals surface area contributed by atoms with E-state index in [2.05, 4.69) is 5.32 Å². The Balaban J connectivity index is 1.94. The molecule has 5 nitrogen and oxygen atoms in total. The van der Waals surface area contributed by atoms with Gasteiger partial charge in [-0.15, -0.1) is 11.3 Å². The number of carbonyl (C=O) groups excluding carboxylic acids is 2. The highest BCUT2D eigenvalue weighted by Gasteiger charge is 2.42. The first-order valence-electron chi connectivity index (χ1n) is 9.22. The van der Waals surface area contributed by atoms with Crippen molar-refractivity contribution in [2.45, 2.75) is 38.8 Å².